The van der Waals surface area contributed by atoms with Crippen molar-refractivity contribution in [3.63, 3.8) is 0 Å². The van der Waals surface area contributed by atoms with E-state index in [-0.39, 0.29) is 6.42 Å². The summed E-state index contributed by atoms with van der Waals surface area (Å²) in [5.74, 6) is -0.902. The van der Waals surface area contributed by atoms with E-state index in [2.05, 4.69) is 9.97 Å². The summed E-state index contributed by atoms with van der Waals surface area (Å²) in [6, 6.07) is 3.85. The predicted molar refractivity (Wildman–Crippen MR) is 57.8 cm³/mol. The van der Waals surface area contributed by atoms with Crippen LogP contribution in [-0.2, 0) is 18.3 Å². The predicted octanol–water partition coefficient (Wildman–Crippen LogP) is 1.11. The van der Waals surface area contributed by atoms with E-state index >= 15 is 0 Å². The average Bonchev–Trinajstić information content (AvgIpc) is 2.65. The Kier molecular flexibility index (Phi) is 2.68. The highest BCUT2D eigenvalue weighted by molar-refractivity contribution is 5.69. The van der Waals surface area contributed by atoms with Gasteiger partial charge in [-0.2, -0.15) is 0 Å². The molecule has 5 heteroatoms. The number of nitrogens with zero attached hydrogens (tertiary/aromatic N) is 3. The molecule has 0 radical (unpaired) electrons. The maximum Gasteiger partial charge on any atom is 0.309 e. The lowest BCUT2D eigenvalue weighted by atomic mass is 10.3. The Morgan fingerprint density at radius 2 is 2.25 bits per heavy atom. The van der Waals surface area contributed by atoms with Gasteiger partial charge in [-0.05, 0) is 12.1 Å². The Hall–Kier alpha value is -2.17. The van der Waals surface area contributed by atoms with Gasteiger partial charge in [0.15, 0.2) is 0 Å². The van der Waals surface area contributed by atoms with E-state index in [1.165, 1.54) is 6.20 Å². The van der Waals surface area contributed by atoms with Crippen LogP contribution >= 0.6 is 0 Å². The molecule has 0 saturated carbocycles. The van der Waals surface area contributed by atoms with Crippen molar-refractivity contribution in [2.75, 3.05) is 0 Å². The molecule has 0 aromatic carbocycles. The molecule has 0 fully saturated rings. The first-order valence-corrected chi connectivity index (χ1v) is 4.81. The van der Waals surface area contributed by atoms with Gasteiger partial charge in [-0.1, -0.05) is 0 Å². The van der Waals surface area contributed by atoms with E-state index in [1.54, 1.807) is 6.20 Å². The highest BCUT2D eigenvalue weighted by Gasteiger charge is 2.05. The number of rotatable bonds is 3. The van der Waals surface area contributed by atoms with Crippen molar-refractivity contribution in [3.8, 4) is 11.4 Å². The van der Waals surface area contributed by atoms with Gasteiger partial charge in [-0.15, -0.1) is 0 Å². The second-order valence-corrected chi connectivity index (χ2v) is 3.47. The topological polar surface area (TPSA) is 68.0 Å². The number of carboxylic acids is 1. The van der Waals surface area contributed by atoms with Gasteiger partial charge in [0.2, 0.25) is 0 Å². The molecule has 0 spiro atoms. The third-order valence-corrected chi connectivity index (χ3v) is 2.24. The van der Waals surface area contributed by atoms with Crippen LogP contribution < -0.4 is 0 Å². The van der Waals surface area contributed by atoms with Crippen LogP contribution in [0.5, 0.6) is 0 Å². The van der Waals surface area contributed by atoms with Crippen LogP contribution in [0.3, 0.4) is 0 Å². The molecule has 0 atom stereocenters. The number of hydrogen-bond donors (Lipinski definition) is 1. The molecular weight excluding hydrogens is 206 g/mol. The lowest BCUT2D eigenvalue weighted by Crippen LogP contribution is -2.03. The van der Waals surface area contributed by atoms with Gasteiger partial charge in [-0.25, -0.2) is 0 Å². The zero-order valence-corrected chi connectivity index (χ0v) is 8.79. The van der Waals surface area contributed by atoms with E-state index in [4.69, 9.17) is 5.11 Å². The normalized spacial score (nSPS) is 10.3. The highest BCUT2D eigenvalue weighted by atomic mass is 16.4. The van der Waals surface area contributed by atoms with Crippen molar-refractivity contribution >= 4 is 5.97 Å². The molecule has 0 aliphatic heterocycles. The van der Waals surface area contributed by atoms with Crippen molar-refractivity contribution < 1.29 is 9.90 Å². The largest absolute Gasteiger partial charge is 0.481 e. The summed E-state index contributed by atoms with van der Waals surface area (Å²) in [5.41, 5.74) is 2.15. The monoisotopic (exact) mass is 217 g/mol. The Labute approximate surface area is 92.4 Å². The maximum absolute atomic E-state index is 10.5. The van der Waals surface area contributed by atoms with Crippen molar-refractivity contribution in [2.24, 2.45) is 7.05 Å². The first-order chi connectivity index (χ1) is 7.66. The van der Waals surface area contributed by atoms with Crippen LogP contribution in [0.2, 0.25) is 0 Å². The Morgan fingerprint density at radius 3 is 2.75 bits per heavy atom. The van der Waals surface area contributed by atoms with E-state index in [0.29, 0.717) is 5.69 Å². The number of carboxylic acid groups (broad SMARTS) is 1. The zero-order chi connectivity index (χ0) is 11.5. The van der Waals surface area contributed by atoms with E-state index in [9.17, 15) is 4.79 Å². The van der Waals surface area contributed by atoms with E-state index in [1.807, 2.05) is 29.9 Å². The second kappa shape index (κ2) is 4.14. The van der Waals surface area contributed by atoms with Crippen LogP contribution in [0, 0.1) is 0 Å². The molecule has 0 aliphatic rings. The highest BCUT2D eigenvalue weighted by Crippen LogP contribution is 2.15. The molecule has 2 aromatic heterocycles. The summed E-state index contributed by atoms with van der Waals surface area (Å²) >= 11 is 0. The first-order valence-electron chi connectivity index (χ1n) is 4.81. The molecule has 5 nitrogen and oxygen atoms in total. The van der Waals surface area contributed by atoms with Gasteiger partial charge >= 0.3 is 5.97 Å². The van der Waals surface area contributed by atoms with Crippen molar-refractivity contribution in [1.29, 1.82) is 0 Å². The maximum atomic E-state index is 10.5. The standard InChI is InChI=1S/C11H11N3O2/c1-14-4-2-3-10(14)9-7-12-8(6-13-9)5-11(15)16/h2-4,6-7H,5H2,1H3,(H,15,16). The van der Waals surface area contributed by atoms with Crippen molar-refractivity contribution in [1.82, 2.24) is 14.5 Å². The van der Waals surface area contributed by atoms with E-state index < -0.39 is 5.97 Å². The molecule has 2 aromatic rings. The Balaban J connectivity index is 2.26. The summed E-state index contributed by atoms with van der Waals surface area (Å²) in [6.07, 6.45) is 4.91. The summed E-state index contributed by atoms with van der Waals surface area (Å²) in [5, 5.41) is 8.59. The third kappa shape index (κ3) is 2.08. The summed E-state index contributed by atoms with van der Waals surface area (Å²) in [7, 11) is 1.92. The lowest BCUT2D eigenvalue weighted by molar-refractivity contribution is -0.136. The molecule has 0 bridgehead atoms. The number of aromatic nitrogens is 3. The number of hydrogen-bond acceptors (Lipinski definition) is 3. The quantitative estimate of drug-likeness (QED) is 0.836. The van der Waals surface area contributed by atoms with Gasteiger partial charge < -0.3 is 9.67 Å². The van der Waals surface area contributed by atoms with Gasteiger partial charge in [0.1, 0.15) is 5.69 Å². The lowest BCUT2D eigenvalue weighted by Gasteiger charge is -2.02. The minimum absolute atomic E-state index is 0.0968. The first kappa shape index (κ1) is 10.4. The Morgan fingerprint density at radius 1 is 1.44 bits per heavy atom. The van der Waals surface area contributed by atoms with Crippen LogP contribution in [0.1, 0.15) is 5.69 Å². The summed E-state index contributed by atoms with van der Waals surface area (Å²) in [6.45, 7) is 0. The molecule has 82 valence electrons. The second-order valence-electron chi connectivity index (χ2n) is 3.47. The van der Waals surface area contributed by atoms with Gasteiger partial charge in [0, 0.05) is 19.4 Å². The summed E-state index contributed by atoms with van der Waals surface area (Å²) in [4.78, 5) is 18.7. The molecule has 0 aliphatic carbocycles. The van der Waals surface area contributed by atoms with Crippen LogP contribution in [0.4, 0.5) is 0 Å². The average molecular weight is 217 g/mol. The molecule has 1 N–H and O–H groups in total. The molecule has 0 amide bonds. The Bertz CT molecular complexity index is 502. The number of carbonyl (C=O) groups is 1. The fourth-order valence-corrected chi connectivity index (χ4v) is 1.46. The van der Waals surface area contributed by atoms with Gasteiger partial charge in [0.05, 0.1) is 24.0 Å². The minimum atomic E-state index is -0.902. The van der Waals surface area contributed by atoms with Crippen LogP contribution in [-0.4, -0.2) is 25.6 Å². The minimum Gasteiger partial charge on any atom is -0.481 e. The molecule has 2 heterocycles. The number of aryl methyl sites for hydroxylation is 1. The SMILES string of the molecule is Cn1cccc1-c1cnc(CC(=O)O)cn1. The van der Waals surface area contributed by atoms with Gasteiger partial charge in [-0.3, -0.25) is 14.8 Å². The molecule has 0 saturated heterocycles. The molecule has 0 unspecified atom stereocenters. The molecular formula is C11H11N3O2. The van der Waals surface area contributed by atoms with Crippen molar-refractivity contribution in [2.45, 2.75) is 6.42 Å². The number of aliphatic carboxylic acids is 1. The third-order valence-electron chi connectivity index (χ3n) is 2.24. The zero-order valence-electron chi connectivity index (χ0n) is 8.79. The molecule has 16 heavy (non-hydrogen) atoms. The summed E-state index contributed by atoms with van der Waals surface area (Å²) < 4.78 is 1.93. The van der Waals surface area contributed by atoms with Crippen molar-refractivity contribution in [3.05, 3.63) is 36.4 Å². The van der Waals surface area contributed by atoms with Crippen LogP contribution in [0.25, 0.3) is 11.4 Å². The molecule has 2 rings (SSSR count). The smallest absolute Gasteiger partial charge is 0.309 e. The van der Waals surface area contributed by atoms with Crippen LogP contribution in [0.15, 0.2) is 30.7 Å². The van der Waals surface area contributed by atoms with Gasteiger partial charge in [0.25, 0.3) is 0 Å². The fraction of sp³-hybridized carbons (Fsp3) is 0.182. The fourth-order valence-electron chi connectivity index (χ4n) is 1.46. The van der Waals surface area contributed by atoms with E-state index in [0.717, 1.165) is 11.4 Å².